The Hall–Kier alpha value is -0.320. The van der Waals surface area contributed by atoms with Crippen molar-refractivity contribution >= 4 is 18.4 Å². The van der Waals surface area contributed by atoms with Crippen LogP contribution in [0.3, 0.4) is 0 Å². The van der Waals surface area contributed by atoms with Crippen LogP contribution in [0.2, 0.25) is 0 Å². The molecule has 0 radical (unpaired) electrons. The van der Waals surface area contributed by atoms with E-state index in [1.165, 1.54) is 0 Å². The molecule has 0 aromatic heterocycles. The van der Waals surface area contributed by atoms with Crippen molar-refractivity contribution in [1.29, 1.82) is 0 Å². The third-order valence-corrected chi connectivity index (χ3v) is 3.05. The normalized spacial score (nSPS) is 38.9. The summed E-state index contributed by atoms with van der Waals surface area (Å²) in [6.45, 7) is 3.87. The monoisotopic (exact) mass is 223 g/mol. The van der Waals surface area contributed by atoms with Gasteiger partial charge in [-0.2, -0.15) is 0 Å². The van der Waals surface area contributed by atoms with Crippen LogP contribution in [0.25, 0.3) is 0 Å². The number of nitrogens with zero attached hydrogens (tertiary/aromatic N) is 1. The molecule has 1 aliphatic rings. The van der Waals surface area contributed by atoms with E-state index in [1.54, 1.807) is 0 Å². The van der Waals surface area contributed by atoms with Crippen molar-refractivity contribution in [2.75, 3.05) is 7.05 Å². The van der Waals surface area contributed by atoms with Crippen molar-refractivity contribution in [3.63, 3.8) is 0 Å². The van der Waals surface area contributed by atoms with E-state index < -0.39 is 11.6 Å². The summed E-state index contributed by atoms with van der Waals surface area (Å²) < 4.78 is 0. The molecule has 1 rings (SSSR count). The molecule has 2 unspecified atom stereocenters. The number of carbonyl (C=O) groups is 1. The molecule has 2 atom stereocenters. The molecule has 0 aromatic carbocycles. The number of piperidine rings is 1. The van der Waals surface area contributed by atoms with Crippen LogP contribution in [0.1, 0.15) is 26.7 Å². The van der Waals surface area contributed by atoms with Gasteiger partial charge in [0, 0.05) is 24.9 Å². The van der Waals surface area contributed by atoms with Gasteiger partial charge in [-0.25, -0.2) is 4.79 Å². The van der Waals surface area contributed by atoms with E-state index in [2.05, 4.69) is 4.90 Å². The number of rotatable bonds is 1. The van der Waals surface area contributed by atoms with E-state index in [1.807, 2.05) is 20.9 Å². The number of likely N-dealkylation sites (tertiary alicyclic amines) is 1. The Balaban J connectivity index is 0.00000169. The number of hydrogen-bond donors (Lipinski definition) is 2. The summed E-state index contributed by atoms with van der Waals surface area (Å²) in [5, 5.41) is 18.6. The molecular weight excluding hydrogens is 206 g/mol. The van der Waals surface area contributed by atoms with Crippen molar-refractivity contribution in [3.05, 3.63) is 0 Å². The van der Waals surface area contributed by atoms with Gasteiger partial charge in [0.05, 0.1) is 0 Å². The van der Waals surface area contributed by atoms with Gasteiger partial charge in [0.15, 0.2) is 5.60 Å². The van der Waals surface area contributed by atoms with E-state index >= 15 is 0 Å². The highest BCUT2D eigenvalue weighted by atomic mass is 35.5. The number of aliphatic hydroxyl groups is 1. The Morgan fingerprint density at radius 1 is 1.36 bits per heavy atom. The molecule has 1 heterocycles. The van der Waals surface area contributed by atoms with E-state index in [0.29, 0.717) is 12.8 Å². The molecule has 0 saturated carbocycles. The lowest BCUT2D eigenvalue weighted by Crippen LogP contribution is -2.55. The quantitative estimate of drug-likeness (QED) is 0.688. The van der Waals surface area contributed by atoms with Crippen LogP contribution in [0.4, 0.5) is 0 Å². The largest absolute Gasteiger partial charge is 0.479 e. The highest BCUT2D eigenvalue weighted by molar-refractivity contribution is 5.85. The zero-order chi connectivity index (χ0) is 10.2. The van der Waals surface area contributed by atoms with Crippen LogP contribution in [0.5, 0.6) is 0 Å². The molecule has 1 saturated heterocycles. The molecule has 14 heavy (non-hydrogen) atoms. The first-order valence-electron chi connectivity index (χ1n) is 4.54. The van der Waals surface area contributed by atoms with Gasteiger partial charge in [-0.1, -0.05) is 0 Å². The minimum absolute atomic E-state index is 0. The predicted octanol–water partition coefficient (Wildman–Crippen LogP) is 0.726. The van der Waals surface area contributed by atoms with Crippen LogP contribution in [-0.2, 0) is 4.79 Å². The van der Waals surface area contributed by atoms with Crippen molar-refractivity contribution in [1.82, 2.24) is 4.90 Å². The lowest BCUT2D eigenvalue weighted by atomic mass is 9.83. The standard InChI is InChI=1S/C9H17NO3.ClH/c1-6-4-9(13,8(11)12)5-7(2)10(6)3;/h6-7,13H,4-5H2,1-3H3,(H,11,12);1H. The summed E-state index contributed by atoms with van der Waals surface area (Å²) >= 11 is 0. The molecule has 0 amide bonds. The molecule has 0 spiro atoms. The lowest BCUT2D eigenvalue weighted by molar-refractivity contribution is -0.167. The Morgan fingerprint density at radius 2 is 1.71 bits per heavy atom. The number of halogens is 1. The van der Waals surface area contributed by atoms with Gasteiger partial charge >= 0.3 is 5.97 Å². The summed E-state index contributed by atoms with van der Waals surface area (Å²) in [5.74, 6) is -1.10. The zero-order valence-electron chi connectivity index (χ0n) is 8.73. The van der Waals surface area contributed by atoms with Crippen LogP contribution >= 0.6 is 12.4 Å². The second-order valence-electron chi connectivity index (χ2n) is 4.11. The molecule has 84 valence electrons. The Morgan fingerprint density at radius 3 is 2.00 bits per heavy atom. The maximum Gasteiger partial charge on any atom is 0.335 e. The average Bonchev–Trinajstić information content (AvgIpc) is 2.00. The van der Waals surface area contributed by atoms with Crippen molar-refractivity contribution in [3.8, 4) is 0 Å². The summed E-state index contributed by atoms with van der Waals surface area (Å²) in [6, 6.07) is 0.231. The predicted molar refractivity (Wildman–Crippen MR) is 55.8 cm³/mol. The fourth-order valence-electron chi connectivity index (χ4n) is 1.96. The molecule has 1 aliphatic heterocycles. The molecule has 0 aromatic rings. The van der Waals surface area contributed by atoms with Gasteiger partial charge in [-0.05, 0) is 20.9 Å². The SMILES string of the molecule is CC1CC(O)(C(=O)O)CC(C)N1C.Cl. The molecule has 0 aliphatic carbocycles. The van der Waals surface area contributed by atoms with Gasteiger partial charge in [0.1, 0.15) is 0 Å². The van der Waals surface area contributed by atoms with Crippen LogP contribution in [0, 0.1) is 0 Å². The maximum absolute atomic E-state index is 10.8. The van der Waals surface area contributed by atoms with Crippen LogP contribution in [0.15, 0.2) is 0 Å². The maximum atomic E-state index is 10.8. The topological polar surface area (TPSA) is 60.8 Å². The third kappa shape index (κ3) is 2.38. The Kier molecular flexibility index (Phi) is 4.36. The number of carboxylic acid groups (broad SMARTS) is 1. The summed E-state index contributed by atoms with van der Waals surface area (Å²) in [4.78, 5) is 12.9. The van der Waals surface area contributed by atoms with Crippen molar-refractivity contribution in [2.24, 2.45) is 0 Å². The number of carboxylic acids is 1. The molecule has 2 N–H and O–H groups in total. The molecule has 4 nitrogen and oxygen atoms in total. The first kappa shape index (κ1) is 13.7. The second kappa shape index (κ2) is 4.47. The lowest BCUT2D eigenvalue weighted by Gasteiger charge is -2.42. The number of aliphatic carboxylic acids is 1. The average molecular weight is 224 g/mol. The Labute approximate surface area is 90.3 Å². The first-order chi connectivity index (χ1) is 5.87. The van der Waals surface area contributed by atoms with Gasteiger partial charge in [-0.15, -0.1) is 12.4 Å². The molecule has 5 heteroatoms. The first-order valence-corrected chi connectivity index (χ1v) is 4.54. The number of hydrogen-bond acceptors (Lipinski definition) is 3. The van der Waals surface area contributed by atoms with Gasteiger partial charge in [-0.3, -0.25) is 0 Å². The summed E-state index contributed by atoms with van der Waals surface area (Å²) in [7, 11) is 1.96. The van der Waals surface area contributed by atoms with E-state index in [-0.39, 0.29) is 24.5 Å². The van der Waals surface area contributed by atoms with E-state index in [4.69, 9.17) is 5.11 Å². The minimum Gasteiger partial charge on any atom is -0.479 e. The highest BCUT2D eigenvalue weighted by Gasteiger charge is 2.44. The Bertz CT molecular complexity index is 210. The summed E-state index contributed by atoms with van der Waals surface area (Å²) in [5.41, 5.74) is -1.52. The molecular formula is C9H18ClNO3. The van der Waals surface area contributed by atoms with Crippen LogP contribution in [-0.4, -0.2) is 45.8 Å². The van der Waals surface area contributed by atoms with Gasteiger partial charge in [0.2, 0.25) is 0 Å². The second-order valence-corrected chi connectivity index (χ2v) is 4.11. The van der Waals surface area contributed by atoms with E-state index in [0.717, 1.165) is 0 Å². The van der Waals surface area contributed by atoms with Crippen molar-refractivity contribution in [2.45, 2.75) is 44.4 Å². The van der Waals surface area contributed by atoms with Crippen LogP contribution < -0.4 is 0 Å². The molecule has 0 bridgehead atoms. The van der Waals surface area contributed by atoms with Gasteiger partial charge < -0.3 is 15.1 Å². The minimum atomic E-state index is -1.52. The fourth-order valence-corrected chi connectivity index (χ4v) is 1.96. The fraction of sp³-hybridized carbons (Fsp3) is 0.889. The highest BCUT2D eigenvalue weighted by Crippen LogP contribution is 2.30. The van der Waals surface area contributed by atoms with Gasteiger partial charge in [0.25, 0.3) is 0 Å². The zero-order valence-corrected chi connectivity index (χ0v) is 9.54. The third-order valence-electron chi connectivity index (χ3n) is 3.05. The van der Waals surface area contributed by atoms with Crippen molar-refractivity contribution < 1.29 is 15.0 Å². The summed E-state index contributed by atoms with van der Waals surface area (Å²) in [6.07, 6.45) is 0.617. The van der Waals surface area contributed by atoms with E-state index in [9.17, 15) is 9.90 Å². The smallest absolute Gasteiger partial charge is 0.335 e. The molecule has 1 fully saturated rings.